The molecule has 1 N–H and O–H groups in total. The summed E-state index contributed by atoms with van der Waals surface area (Å²) >= 11 is 0. The van der Waals surface area contributed by atoms with E-state index in [2.05, 4.69) is 5.32 Å². The molecule has 0 bridgehead atoms. The maximum absolute atomic E-state index is 5.21. The molecular weight excluding hydrogens is 162 g/mol. The highest BCUT2D eigenvalue weighted by atomic mass is 16.3. The van der Waals surface area contributed by atoms with Crippen LogP contribution < -0.4 is 5.32 Å². The topological polar surface area (TPSA) is 25.2 Å². The third-order valence-corrected chi connectivity index (χ3v) is 2.54. The van der Waals surface area contributed by atoms with Crippen molar-refractivity contribution in [1.29, 1.82) is 0 Å². The van der Waals surface area contributed by atoms with E-state index in [0.717, 1.165) is 24.8 Å². The Hall–Kier alpha value is -0.760. The summed E-state index contributed by atoms with van der Waals surface area (Å²) in [5, 5.41) is 3.38. The molecule has 0 spiro atoms. The van der Waals surface area contributed by atoms with Crippen molar-refractivity contribution in [3.8, 4) is 0 Å². The predicted molar refractivity (Wildman–Crippen MR) is 52.4 cm³/mol. The summed E-state index contributed by atoms with van der Waals surface area (Å²) in [4.78, 5) is 0. The zero-order valence-corrected chi connectivity index (χ0v) is 7.96. The first-order valence-electron chi connectivity index (χ1n) is 5.18. The molecule has 0 aromatic carbocycles. The highest BCUT2D eigenvalue weighted by molar-refractivity contribution is 4.97. The molecule has 0 saturated heterocycles. The summed E-state index contributed by atoms with van der Waals surface area (Å²) in [7, 11) is 0. The summed E-state index contributed by atoms with van der Waals surface area (Å²) in [6.45, 7) is 1.99. The summed E-state index contributed by atoms with van der Waals surface area (Å²) in [6.07, 6.45) is 7.38. The summed E-state index contributed by atoms with van der Waals surface area (Å²) < 4.78 is 5.21. The summed E-state index contributed by atoms with van der Waals surface area (Å²) in [6, 6.07) is 3.94. The van der Waals surface area contributed by atoms with Crippen molar-refractivity contribution in [3.05, 3.63) is 24.2 Å². The van der Waals surface area contributed by atoms with Crippen molar-refractivity contribution in [3.63, 3.8) is 0 Å². The Kier molecular flexibility index (Phi) is 3.03. The van der Waals surface area contributed by atoms with E-state index >= 15 is 0 Å². The van der Waals surface area contributed by atoms with Crippen LogP contribution in [0.5, 0.6) is 0 Å². The van der Waals surface area contributed by atoms with Gasteiger partial charge in [0.25, 0.3) is 0 Å². The molecule has 1 aliphatic carbocycles. The molecule has 0 amide bonds. The first-order chi connectivity index (χ1) is 6.45. The molecule has 1 aromatic rings. The average molecular weight is 179 g/mol. The van der Waals surface area contributed by atoms with Crippen LogP contribution in [0.1, 0.15) is 31.4 Å². The van der Waals surface area contributed by atoms with Crippen molar-refractivity contribution in [2.75, 3.05) is 6.54 Å². The lowest BCUT2D eigenvalue weighted by Gasteiger charge is -2.01. The highest BCUT2D eigenvalue weighted by Crippen LogP contribution is 2.33. The van der Waals surface area contributed by atoms with E-state index in [1.807, 2.05) is 12.1 Å². The maximum Gasteiger partial charge on any atom is 0.117 e. The van der Waals surface area contributed by atoms with Gasteiger partial charge in [-0.15, -0.1) is 0 Å². The average Bonchev–Trinajstić information content (AvgIpc) is 2.81. The van der Waals surface area contributed by atoms with Crippen molar-refractivity contribution < 1.29 is 4.42 Å². The monoisotopic (exact) mass is 179 g/mol. The van der Waals surface area contributed by atoms with Gasteiger partial charge in [0.2, 0.25) is 0 Å². The number of nitrogens with one attached hydrogen (secondary N) is 1. The van der Waals surface area contributed by atoms with Crippen LogP contribution in [0.25, 0.3) is 0 Å². The molecule has 1 heterocycles. The molecule has 2 nitrogen and oxygen atoms in total. The second kappa shape index (κ2) is 4.47. The number of hydrogen-bond acceptors (Lipinski definition) is 2. The third kappa shape index (κ3) is 3.23. The molecule has 1 fully saturated rings. The molecular formula is C11H17NO. The molecule has 72 valence electrons. The van der Waals surface area contributed by atoms with Crippen LogP contribution in [0.3, 0.4) is 0 Å². The molecule has 2 heteroatoms. The van der Waals surface area contributed by atoms with E-state index in [-0.39, 0.29) is 0 Å². The lowest BCUT2D eigenvalue weighted by Crippen LogP contribution is -2.14. The van der Waals surface area contributed by atoms with Crippen LogP contribution in [-0.2, 0) is 6.54 Å². The third-order valence-electron chi connectivity index (χ3n) is 2.54. The Labute approximate surface area is 79.3 Å². The SMILES string of the molecule is c1coc(CNCCCC2CC2)c1. The Bertz CT molecular complexity index is 226. The van der Waals surface area contributed by atoms with Gasteiger partial charge >= 0.3 is 0 Å². The first-order valence-corrected chi connectivity index (χ1v) is 5.18. The summed E-state index contributed by atoms with van der Waals surface area (Å²) in [5.41, 5.74) is 0. The largest absolute Gasteiger partial charge is 0.468 e. The molecule has 0 radical (unpaired) electrons. The molecule has 1 aromatic heterocycles. The van der Waals surface area contributed by atoms with Crippen molar-refractivity contribution in [1.82, 2.24) is 5.32 Å². The minimum atomic E-state index is 0.873. The van der Waals surface area contributed by atoms with Gasteiger partial charge in [-0.25, -0.2) is 0 Å². The van der Waals surface area contributed by atoms with Crippen LogP contribution in [0.4, 0.5) is 0 Å². The van der Waals surface area contributed by atoms with Gasteiger partial charge in [0, 0.05) is 0 Å². The van der Waals surface area contributed by atoms with Gasteiger partial charge in [-0.1, -0.05) is 12.8 Å². The first kappa shape index (κ1) is 8.82. The Morgan fingerprint density at radius 2 is 2.38 bits per heavy atom. The number of hydrogen-bond donors (Lipinski definition) is 1. The van der Waals surface area contributed by atoms with Crippen LogP contribution in [0.15, 0.2) is 22.8 Å². The molecule has 0 aliphatic heterocycles. The fourth-order valence-corrected chi connectivity index (χ4v) is 1.55. The van der Waals surface area contributed by atoms with Crippen LogP contribution in [-0.4, -0.2) is 6.54 Å². The van der Waals surface area contributed by atoms with Gasteiger partial charge in [-0.2, -0.15) is 0 Å². The van der Waals surface area contributed by atoms with E-state index in [0.29, 0.717) is 0 Å². The zero-order chi connectivity index (χ0) is 8.93. The predicted octanol–water partition coefficient (Wildman–Crippen LogP) is 2.56. The molecule has 0 unspecified atom stereocenters. The fourth-order valence-electron chi connectivity index (χ4n) is 1.55. The normalized spacial score (nSPS) is 16.3. The zero-order valence-electron chi connectivity index (χ0n) is 7.96. The quantitative estimate of drug-likeness (QED) is 0.679. The van der Waals surface area contributed by atoms with Gasteiger partial charge in [-0.05, 0) is 37.4 Å². The molecule has 1 aliphatic rings. The van der Waals surface area contributed by atoms with Crippen molar-refractivity contribution in [2.24, 2.45) is 5.92 Å². The Balaban J connectivity index is 1.48. The van der Waals surface area contributed by atoms with E-state index in [4.69, 9.17) is 4.42 Å². The minimum Gasteiger partial charge on any atom is -0.468 e. The maximum atomic E-state index is 5.21. The van der Waals surface area contributed by atoms with Gasteiger partial charge in [-0.3, -0.25) is 0 Å². The standard InChI is InChI=1S/C11H17NO/c1(3-10-5-6-10)7-12-9-11-4-2-8-13-11/h2,4,8,10,12H,1,3,5-7,9H2. The second-order valence-corrected chi connectivity index (χ2v) is 3.84. The molecule has 2 rings (SSSR count). The van der Waals surface area contributed by atoms with Crippen LogP contribution in [0, 0.1) is 5.92 Å². The van der Waals surface area contributed by atoms with Gasteiger partial charge < -0.3 is 9.73 Å². The van der Waals surface area contributed by atoms with Crippen LogP contribution in [0.2, 0.25) is 0 Å². The molecule has 0 atom stereocenters. The van der Waals surface area contributed by atoms with Crippen molar-refractivity contribution in [2.45, 2.75) is 32.2 Å². The van der Waals surface area contributed by atoms with Crippen LogP contribution >= 0.6 is 0 Å². The summed E-state index contributed by atoms with van der Waals surface area (Å²) in [5.74, 6) is 2.09. The van der Waals surface area contributed by atoms with E-state index < -0.39 is 0 Å². The minimum absolute atomic E-state index is 0.873. The molecule has 1 saturated carbocycles. The highest BCUT2D eigenvalue weighted by Gasteiger charge is 2.19. The van der Waals surface area contributed by atoms with E-state index in [1.165, 1.54) is 25.7 Å². The Morgan fingerprint density at radius 3 is 3.08 bits per heavy atom. The van der Waals surface area contributed by atoms with Crippen molar-refractivity contribution >= 4 is 0 Å². The van der Waals surface area contributed by atoms with Gasteiger partial charge in [0.1, 0.15) is 5.76 Å². The smallest absolute Gasteiger partial charge is 0.117 e. The van der Waals surface area contributed by atoms with E-state index in [1.54, 1.807) is 6.26 Å². The molecule has 13 heavy (non-hydrogen) atoms. The van der Waals surface area contributed by atoms with Gasteiger partial charge in [0.05, 0.1) is 12.8 Å². The van der Waals surface area contributed by atoms with Gasteiger partial charge in [0.15, 0.2) is 0 Å². The second-order valence-electron chi connectivity index (χ2n) is 3.84. The number of furan rings is 1. The number of rotatable bonds is 6. The van der Waals surface area contributed by atoms with E-state index in [9.17, 15) is 0 Å². The lowest BCUT2D eigenvalue weighted by atomic mass is 10.2. The Morgan fingerprint density at radius 1 is 1.46 bits per heavy atom. The lowest BCUT2D eigenvalue weighted by molar-refractivity contribution is 0.477. The fraction of sp³-hybridized carbons (Fsp3) is 0.636.